The van der Waals surface area contributed by atoms with Gasteiger partial charge in [0, 0.05) is 44.5 Å². The average Bonchev–Trinajstić information content (AvgIpc) is 3.36. The number of alkyl carbamates (subject to hydrolysis) is 1. The minimum atomic E-state index is -0.746. The van der Waals surface area contributed by atoms with Gasteiger partial charge in [-0.1, -0.05) is 48.5 Å². The maximum Gasteiger partial charge on any atom is 0.408 e. The third-order valence-electron chi connectivity index (χ3n) is 5.48. The maximum absolute atomic E-state index is 13.3. The Hall–Kier alpha value is -3.81. The summed E-state index contributed by atoms with van der Waals surface area (Å²) in [6.45, 7) is 2.80. The molecule has 1 atom stereocenters. The van der Waals surface area contributed by atoms with Crippen LogP contribution in [0.3, 0.4) is 0 Å². The number of nitrogens with one attached hydrogen (secondary N) is 2. The molecule has 2 aromatic carbocycles. The Kier molecular flexibility index (Phi) is 7.01. The number of ether oxygens (including phenoxy) is 1. The van der Waals surface area contributed by atoms with Crippen molar-refractivity contribution in [2.45, 2.75) is 19.1 Å². The van der Waals surface area contributed by atoms with Gasteiger partial charge in [-0.15, -0.1) is 0 Å². The number of H-pyrrole nitrogens is 1. The number of hydrogen-bond donors (Lipinski definition) is 2. The highest BCUT2D eigenvalue weighted by molar-refractivity contribution is 5.86. The van der Waals surface area contributed by atoms with Crippen LogP contribution < -0.4 is 10.2 Å². The monoisotopic (exact) mass is 433 g/mol. The van der Waals surface area contributed by atoms with E-state index >= 15 is 0 Å². The zero-order chi connectivity index (χ0) is 22.2. The normalized spacial score (nSPS) is 14.6. The molecule has 1 aliphatic rings. The van der Waals surface area contributed by atoms with Crippen LogP contribution in [0.2, 0.25) is 0 Å². The summed E-state index contributed by atoms with van der Waals surface area (Å²) >= 11 is 0. The number of amides is 2. The van der Waals surface area contributed by atoms with E-state index in [4.69, 9.17) is 4.74 Å². The van der Waals surface area contributed by atoms with Crippen LogP contribution in [0, 0.1) is 0 Å². The number of nitrogens with zero attached hydrogens (tertiary/aromatic N) is 3. The van der Waals surface area contributed by atoms with Crippen molar-refractivity contribution in [1.82, 2.24) is 20.2 Å². The number of benzene rings is 2. The summed E-state index contributed by atoms with van der Waals surface area (Å²) in [6.07, 6.45) is 2.96. The first-order valence-electron chi connectivity index (χ1n) is 10.7. The molecule has 2 N–H and O–H groups in total. The van der Waals surface area contributed by atoms with E-state index in [1.54, 1.807) is 17.4 Å². The quantitative estimate of drug-likeness (QED) is 0.598. The van der Waals surface area contributed by atoms with Gasteiger partial charge in [0.25, 0.3) is 0 Å². The summed E-state index contributed by atoms with van der Waals surface area (Å²) in [5.74, 6) is -0.127. The van der Waals surface area contributed by atoms with Crippen molar-refractivity contribution in [3.63, 3.8) is 0 Å². The minimum absolute atomic E-state index is 0.127. The molecule has 1 aromatic heterocycles. The van der Waals surface area contributed by atoms with Crippen LogP contribution in [0.5, 0.6) is 0 Å². The van der Waals surface area contributed by atoms with E-state index in [2.05, 4.69) is 32.3 Å². The Morgan fingerprint density at radius 2 is 1.69 bits per heavy atom. The first kappa shape index (κ1) is 21.4. The number of carbonyl (C=O) groups is 2. The molecule has 3 aromatic rings. The molecule has 0 bridgehead atoms. The predicted octanol–water partition coefficient (Wildman–Crippen LogP) is 2.60. The van der Waals surface area contributed by atoms with Crippen molar-refractivity contribution in [1.29, 1.82) is 0 Å². The average molecular weight is 434 g/mol. The number of imidazole rings is 1. The molecule has 0 spiro atoms. The number of carbonyl (C=O) groups excluding carboxylic acids is 2. The molecule has 2 amide bonds. The van der Waals surface area contributed by atoms with Gasteiger partial charge in [-0.05, 0) is 17.7 Å². The number of anilines is 1. The second kappa shape index (κ2) is 10.5. The molecule has 1 aliphatic heterocycles. The van der Waals surface area contributed by atoms with E-state index in [1.165, 1.54) is 0 Å². The Bertz CT molecular complexity index is 987. The Morgan fingerprint density at radius 3 is 2.34 bits per heavy atom. The molecular weight excluding hydrogens is 406 g/mol. The van der Waals surface area contributed by atoms with Crippen LogP contribution in [-0.2, 0) is 22.6 Å². The highest BCUT2D eigenvalue weighted by Crippen LogP contribution is 2.16. The summed E-state index contributed by atoms with van der Waals surface area (Å²) in [5.41, 5.74) is 2.74. The minimum Gasteiger partial charge on any atom is -0.445 e. The third kappa shape index (κ3) is 5.66. The molecule has 8 heteroatoms. The van der Waals surface area contributed by atoms with Crippen LogP contribution in [0.4, 0.5) is 10.5 Å². The van der Waals surface area contributed by atoms with Gasteiger partial charge >= 0.3 is 6.09 Å². The SMILES string of the molecule is O=C(N[C@@H](Cc1c[nH]cn1)C(=O)N1CCN(c2ccccc2)CC1)OCc1ccccc1. The van der Waals surface area contributed by atoms with Gasteiger partial charge < -0.3 is 24.8 Å². The molecule has 0 aliphatic carbocycles. The van der Waals surface area contributed by atoms with E-state index in [1.807, 2.05) is 48.5 Å². The van der Waals surface area contributed by atoms with Crippen LogP contribution in [-0.4, -0.2) is 59.1 Å². The van der Waals surface area contributed by atoms with Crippen LogP contribution in [0.1, 0.15) is 11.3 Å². The second-order valence-electron chi connectivity index (χ2n) is 7.67. The van der Waals surface area contributed by atoms with Crippen LogP contribution in [0.15, 0.2) is 73.2 Å². The fourth-order valence-electron chi connectivity index (χ4n) is 3.76. The van der Waals surface area contributed by atoms with Gasteiger partial charge in [0.15, 0.2) is 0 Å². The molecule has 8 nitrogen and oxygen atoms in total. The van der Waals surface area contributed by atoms with Gasteiger partial charge in [-0.25, -0.2) is 9.78 Å². The van der Waals surface area contributed by atoms with E-state index in [-0.39, 0.29) is 12.5 Å². The lowest BCUT2D eigenvalue weighted by Crippen LogP contribution is -2.55. The number of hydrogen-bond acceptors (Lipinski definition) is 5. The smallest absolute Gasteiger partial charge is 0.408 e. The molecule has 0 unspecified atom stereocenters. The van der Waals surface area contributed by atoms with Crippen LogP contribution >= 0.6 is 0 Å². The number of piperazine rings is 1. The topological polar surface area (TPSA) is 90.6 Å². The molecule has 2 heterocycles. The third-order valence-corrected chi connectivity index (χ3v) is 5.48. The maximum atomic E-state index is 13.3. The first-order chi connectivity index (χ1) is 15.7. The predicted molar refractivity (Wildman–Crippen MR) is 121 cm³/mol. The molecule has 0 saturated carbocycles. The van der Waals surface area contributed by atoms with Gasteiger partial charge in [0.1, 0.15) is 12.6 Å². The summed E-state index contributed by atoms with van der Waals surface area (Å²) in [4.78, 5) is 36.9. The van der Waals surface area contributed by atoms with E-state index in [0.717, 1.165) is 24.3 Å². The van der Waals surface area contributed by atoms with Gasteiger partial charge in [-0.3, -0.25) is 4.79 Å². The first-order valence-corrected chi connectivity index (χ1v) is 10.7. The van der Waals surface area contributed by atoms with Crippen molar-refractivity contribution < 1.29 is 14.3 Å². The van der Waals surface area contributed by atoms with Crippen molar-refractivity contribution in [2.75, 3.05) is 31.1 Å². The van der Waals surface area contributed by atoms with Crippen molar-refractivity contribution in [3.8, 4) is 0 Å². The Morgan fingerprint density at radius 1 is 1.00 bits per heavy atom. The lowest BCUT2D eigenvalue weighted by molar-refractivity contribution is -0.133. The summed E-state index contributed by atoms with van der Waals surface area (Å²) in [6, 6.07) is 18.8. The zero-order valence-electron chi connectivity index (χ0n) is 17.8. The van der Waals surface area contributed by atoms with Gasteiger partial charge in [0.05, 0.1) is 12.0 Å². The lowest BCUT2D eigenvalue weighted by Gasteiger charge is -2.37. The number of aromatic nitrogens is 2. The highest BCUT2D eigenvalue weighted by atomic mass is 16.5. The molecule has 1 saturated heterocycles. The molecular formula is C24H27N5O3. The van der Waals surface area contributed by atoms with Crippen LogP contribution in [0.25, 0.3) is 0 Å². The second-order valence-corrected chi connectivity index (χ2v) is 7.67. The summed E-state index contributed by atoms with van der Waals surface area (Å²) in [7, 11) is 0. The van der Waals surface area contributed by atoms with Crippen molar-refractivity contribution in [2.24, 2.45) is 0 Å². The number of para-hydroxylation sites is 1. The molecule has 4 rings (SSSR count). The fraction of sp³-hybridized carbons (Fsp3) is 0.292. The molecule has 32 heavy (non-hydrogen) atoms. The van der Waals surface area contributed by atoms with Gasteiger partial charge in [0.2, 0.25) is 5.91 Å². The zero-order valence-corrected chi connectivity index (χ0v) is 17.8. The molecule has 0 radical (unpaired) electrons. The van der Waals surface area contributed by atoms with E-state index < -0.39 is 12.1 Å². The van der Waals surface area contributed by atoms with Crippen molar-refractivity contribution in [3.05, 3.63) is 84.4 Å². The summed E-state index contributed by atoms with van der Waals surface area (Å²) < 4.78 is 5.33. The highest BCUT2D eigenvalue weighted by Gasteiger charge is 2.30. The largest absolute Gasteiger partial charge is 0.445 e. The number of rotatable bonds is 7. The fourth-order valence-corrected chi connectivity index (χ4v) is 3.76. The van der Waals surface area contributed by atoms with Gasteiger partial charge in [-0.2, -0.15) is 0 Å². The van der Waals surface area contributed by atoms with E-state index in [9.17, 15) is 9.59 Å². The standard InChI is InChI=1S/C24H27N5O3/c30-23(29-13-11-28(12-14-29)21-9-5-2-6-10-21)22(15-20-16-25-18-26-20)27-24(31)32-17-19-7-3-1-4-8-19/h1-10,16,18,22H,11-15,17H2,(H,25,26)(H,27,31)/t22-/m0/s1. The summed E-state index contributed by atoms with van der Waals surface area (Å²) in [5, 5.41) is 2.75. The van der Waals surface area contributed by atoms with Crippen molar-refractivity contribution >= 4 is 17.7 Å². The number of aromatic amines is 1. The molecule has 1 fully saturated rings. The Balaban J connectivity index is 1.36. The Labute approximate surface area is 187 Å². The van der Waals surface area contributed by atoms with E-state index in [0.29, 0.717) is 25.2 Å². The molecule has 166 valence electrons. The lowest BCUT2D eigenvalue weighted by atomic mass is 10.1.